The summed E-state index contributed by atoms with van der Waals surface area (Å²) in [4.78, 5) is 60.5. The minimum Gasteiger partial charge on any atom is -0.496 e. The lowest BCUT2D eigenvalue weighted by molar-refractivity contribution is 0.303. The smallest absolute Gasteiger partial charge is 0.140 e. The summed E-state index contributed by atoms with van der Waals surface area (Å²) < 4.78 is 44.3. The number of aliphatic hydroxyl groups is 4. The van der Waals surface area contributed by atoms with Crippen LogP contribution < -0.4 is 58.3 Å². The van der Waals surface area contributed by atoms with Crippen LogP contribution in [0.15, 0.2) is 133 Å². The number of ether oxygens (including phenoxy) is 3. The lowest BCUT2D eigenvalue weighted by Gasteiger charge is -2.35. The fourth-order valence-corrected chi connectivity index (χ4v) is 20.8. The largest absolute Gasteiger partial charge is 0.496 e. The highest BCUT2D eigenvalue weighted by Crippen LogP contribution is 2.49. The Morgan fingerprint density at radius 2 is 0.563 bits per heavy atom. The van der Waals surface area contributed by atoms with Gasteiger partial charge in [-0.25, -0.2) is 48.7 Å². The third-order valence-corrected chi connectivity index (χ3v) is 29.1. The SMILES string of the molecule is COc1cc(F)ccc1C1CCN(c2nc(C3CC3)nc3cc(C)c(N(C)CCO)cc23)CC1.COc1ccc(F)cc1C1CCN(c2nc(C3CC3)nc3cc(C)c(N(C)CCO)cc23)CC1.COc1ccccc1C1CCN(c2nc(C3CC3)nc3cc(C)c(N(C)CCO)cc23)CC1.Cc1cc2nc(C3CC3)nc(N3CCC(c4ccccc4N(C)C)CC3)c2cc1N(C)CCO. The Morgan fingerprint density at radius 1 is 0.289 bits per heavy atom. The highest BCUT2D eigenvalue weighted by atomic mass is 19.1. The molecule has 8 fully saturated rings. The number of piperidine rings is 4. The number of likely N-dealkylation sites (N-methyl/N-ethyl adjacent to an activating group) is 4. The molecule has 0 unspecified atom stereocenters. The van der Waals surface area contributed by atoms with Crippen LogP contribution >= 0.6 is 0 Å². The molecule has 0 bridgehead atoms. The van der Waals surface area contributed by atoms with Gasteiger partial charge < -0.3 is 78.7 Å². The van der Waals surface area contributed by atoms with Gasteiger partial charge in [0.2, 0.25) is 0 Å². The molecule has 4 N–H and O–H groups in total. The number of anilines is 9. The number of halogens is 2. The first-order valence-electron chi connectivity index (χ1n) is 49.1. The molecular formula is C109H137F2N17O7. The summed E-state index contributed by atoms with van der Waals surface area (Å²) in [6, 6.07) is 44.4. The van der Waals surface area contributed by atoms with E-state index in [1.54, 1.807) is 33.5 Å². The summed E-state index contributed by atoms with van der Waals surface area (Å²) >= 11 is 0. The summed E-state index contributed by atoms with van der Waals surface area (Å²) in [7, 11) is 17.3. The quantitative estimate of drug-likeness (QED) is 0.0356. The standard InChI is InChI=1S/C28H37N5O.2C27H33FN4O2.C27H34N4O2/c1-19-17-24-23(18-26(19)32(4)15-16-34)28(30-27(29-24)21-9-10-21)33-13-11-20(12-14-33)22-7-5-6-8-25(22)31(2)3;1-17-14-23-22(16-24(17)31(2)12-13-33)27(30-26(29-23)19-4-5-19)32-10-8-18(9-11-32)21-15-20(28)6-7-25(21)34-3;1-17-14-23-22(16-24(17)31(2)12-13-33)27(30-26(29-23)19-4-5-19)32-10-8-18(9-11-32)21-7-6-20(28)15-25(21)34-3;1-18-16-23-22(17-24(18)30(2)14-15-32)27(29-26(28-23)20-8-9-20)31-12-10-19(11-13-31)21-6-4-5-7-25(21)33-3/h5-8,17-18,20-21,34H,9-16H2,1-4H3;2*6-7,14-16,18-19,33H,4-5,8-13H2,1-3H3;4-7,16-17,19-20,32H,8-15H2,1-3H3. The van der Waals surface area contributed by atoms with Crippen LogP contribution in [-0.2, 0) is 0 Å². The maximum absolute atomic E-state index is 14.0. The first kappa shape index (κ1) is 95.2. The lowest BCUT2D eigenvalue weighted by atomic mass is 9.88. The number of nitrogens with zero attached hydrogens (tertiary/aromatic N) is 17. The minimum atomic E-state index is -0.268. The highest BCUT2D eigenvalue weighted by molar-refractivity contribution is 5.97. The van der Waals surface area contributed by atoms with Crippen molar-refractivity contribution in [3.05, 3.63) is 213 Å². The topological polar surface area (TPSA) is 241 Å². The average molecular weight is 1840 g/mol. The van der Waals surface area contributed by atoms with E-state index >= 15 is 0 Å². The number of rotatable bonds is 28. The molecule has 12 aromatic rings. The van der Waals surface area contributed by atoms with E-state index in [0.717, 1.165) is 276 Å². The fourth-order valence-electron chi connectivity index (χ4n) is 20.8. The van der Waals surface area contributed by atoms with E-state index in [1.165, 1.54) is 71.8 Å². The predicted molar refractivity (Wildman–Crippen MR) is 543 cm³/mol. The number of methoxy groups -OCH3 is 3. The van der Waals surface area contributed by atoms with Crippen molar-refractivity contribution >= 4 is 95.3 Å². The molecule has 714 valence electrons. The van der Waals surface area contributed by atoms with Gasteiger partial charge in [-0.2, -0.15) is 0 Å². The molecule has 4 aliphatic carbocycles. The van der Waals surface area contributed by atoms with Crippen LogP contribution in [0, 0.1) is 39.3 Å². The van der Waals surface area contributed by atoms with Crippen LogP contribution in [-0.4, -0.2) is 229 Å². The fraction of sp³-hybridized carbons (Fsp3) is 0.486. The Bertz CT molecular complexity index is 6160. The van der Waals surface area contributed by atoms with Gasteiger partial charge in [-0.3, -0.25) is 0 Å². The molecule has 135 heavy (non-hydrogen) atoms. The Kier molecular flexibility index (Phi) is 29.9. The molecule has 0 atom stereocenters. The van der Waals surface area contributed by atoms with Crippen molar-refractivity contribution in [2.45, 2.75) is 178 Å². The Morgan fingerprint density at radius 3 is 0.874 bits per heavy atom. The van der Waals surface area contributed by atoms with Gasteiger partial charge in [0, 0.05) is 206 Å². The number of aryl methyl sites for hydroxylation is 4. The van der Waals surface area contributed by atoms with E-state index in [9.17, 15) is 29.2 Å². The van der Waals surface area contributed by atoms with Crippen LogP contribution in [0.25, 0.3) is 43.6 Å². The molecule has 8 aliphatic rings. The molecule has 0 spiro atoms. The Hall–Kier alpha value is -11.6. The number of aromatic nitrogens is 8. The zero-order valence-electron chi connectivity index (χ0n) is 81.3. The maximum Gasteiger partial charge on any atom is 0.140 e. The predicted octanol–water partition coefficient (Wildman–Crippen LogP) is 18.9. The molecule has 20 rings (SSSR count). The van der Waals surface area contributed by atoms with Gasteiger partial charge in [0.1, 0.15) is 75.5 Å². The molecule has 8 heterocycles. The van der Waals surface area contributed by atoms with Crippen LogP contribution in [0.3, 0.4) is 0 Å². The second-order valence-corrected chi connectivity index (χ2v) is 38.9. The van der Waals surface area contributed by atoms with Crippen LogP contribution in [0.2, 0.25) is 0 Å². The lowest BCUT2D eigenvalue weighted by Crippen LogP contribution is -2.34. The van der Waals surface area contributed by atoms with Gasteiger partial charge in [-0.15, -0.1) is 0 Å². The van der Waals surface area contributed by atoms with E-state index in [4.69, 9.17) is 54.1 Å². The van der Waals surface area contributed by atoms with Gasteiger partial charge in [0.15, 0.2) is 0 Å². The molecule has 0 amide bonds. The van der Waals surface area contributed by atoms with E-state index in [2.05, 4.69) is 177 Å². The summed E-state index contributed by atoms with van der Waals surface area (Å²) in [5.74, 6) is 13.6. The molecule has 4 saturated carbocycles. The minimum absolute atomic E-state index is 0.106. The van der Waals surface area contributed by atoms with Crippen molar-refractivity contribution < 1.29 is 43.4 Å². The number of fused-ring (bicyclic) bond motifs is 4. The second-order valence-electron chi connectivity index (χ2n) is 38.9. The van der Waals surface area contributed by atoms with Gasteiger partial charge in [0.05, 0.1) is 69.8 Å². The Labute approximate surface area is 794 Å². The number of hydrogen-bond acceptors (Lipinski definition) is 24. The zero-order valence-corrected chi connectivity index (χ0v) is 81.3. The van der Waals surface area contributed by atoms with E-state index < -0.39 is 0 Å². The molecule has 4 aromatic heterocycles. The summed E-state index contributed by atoms with van der Waals surface area (Å²) in [5, 5.41) is 42.1. The molecular weight excluding hydrogens is 1700 g/mol. The van der Waals surface area contributed by atoms with Crippen LogP contribution in [0.1, 0.15) is 218 Å². The van der Waals surface area contributed by atoms with Crippen LogP contribution in [0.4, 0.5) is 60.5 Å². The molecule has 4 saturated heterocycles. The third-order valence-electron chi connectivity index (χ3n) is 29.1. The van der Waals surface area contributed by atoms with E-state index in [1.807, 2.05) is 40.3 Å². The highest BCUT2D eigenvalue weighted by Gasteiger charge is 2.37. The van der Waals surface area contributed by atoms with Crippen molar-refractivity contribution in [3.63, 3.8) is 0 Å². The summed E-state index contributed by atoms with van der Waals surface area (Å²) in [6.45, 7) is 18.7. The number of benzene rings is 8. The van der Waals surface area contributed by atoms with E-state index in [-0.39, 0.29) is 44.0 Å². The molecule has 26 heteroatoms. The number of hydrogen-bond donors (Lipinski definition) is 4. The molecule has 0 radical (unpaired) electrons. The van der Waals surface area contributed by atoms with Crippen molar-refractivity contribution in [2.24, 2.45) is 0 Å². The molecule has 4 aliphatic heterocycles. The number of aliphatic hydroxyl groups excluding tert-OH is 4. The van der Waals surface area contributed by atoms with Crippen molar-refractivity contribution in [1.29, 1.82) is 0 Å². The normalized spacial score (nSPS) is 16.8. The Balaban J connectivity index is 0.000000125. The first-order chi connectivity index (χ1) is 65.5. The van der Waals surface area contributed by atoms with Gasteiger partial charge in [-0.1, -0.05) is 42.5 Å². The van der Waals surface area contributed by atoms with Crippen molar-refractivity contribution in [3.8, 4) is 17.2 Å². The van der Waals surface area contributed by atoms with Gasteiger partial charge in [-0.05, 0) is 278 Å². The van der Waals surface area contributed by atoms with Crippen molar-refractivity contribution in [2.75, 3.05) is 213 Å². The number of para-hydroxylation sites is 2. The van der Waals surface area contributed by atoms with Gasteiger partial charge in [0.25, 0.3) is 0 Å². The third kappa shape index (κ3) is 21.6. The zero-order chi connectivity index (χ0) is 94.4. The van der Waals surface area contributed by atoms with Crippen LogP contribution in [0.5, 0.6) is 17.2 Å². The average Bonchev–Trinajstić information content (AvgIpc) is 1.75. The second kappa shape index (κ2) is 42.4. The monoisotopic (exact) mass is 1830 g/mol. The maximum atomic E-state index is 14.0. The summed E-state index contributed by atoms with van der Waals surface area (Å²) in [5.41, 5.74) is 19.3. The molecule has 24 nitrogen and oxygen atoms in total. The molecule has 8 aromatic carbocycles. The van der Waals surface area contributed by atoms with Crippen molar-refractivity contribution in [1.82, 2.24) is 39.9 Å². The van der Waals surface area contributed by atoms with Gasteiger partial charge >= 0.3 is 0 Å². The van der Waals surface area contributed by atoms with E-state index in [0.29, 0.717) is 73.4 Å². The summed E-state index contributed by atoms with van der Waals surface area (Å²) in [6.07, 6.45) is 17.5. The first-order valence-corrected chi connectivity index (χ1v) is 49.1.